The van der Waals surface area contributed by atoms with Crippen LogP contribution in [0.3, 0.4) is 0 Å². The smallest absolute Gasteiger partial charge is 0.257 e. The van der Waals surface area contributed by atoms with Crippen LogP contribution in [0, 0.1) is 0 Å². The van der Waals surface area contributed by atoms with Crippen LogP contribution in [0.25, 0.3) is 0 Å². The van der Waals surface area contributed by atoms with Gasteiger partial charge in [0.05, 0.1) is 5.56 Å². The van der Waals surface area contributed by atoms with Gasteiger partial charge in [0.15, 0.2) is 0 Å². The van der Waals surface area contributed by atoms with E-state index < -0.39 is 0 Å². The third kappa shape index (κ3) is 3.78. The Labute approximate surface area is 117 Å². The summed E-state index contributed by atoms with van der Waals surface area (Å²) < 4.78 is 0. The highest BCUT2D eigenvalue weighted by atomic mass is 16.1. The monoisotopic (exact) mass is 266 g/mol. The second-order valence-electron chi connectivity index (χ2n) is 3.91. The van der Waals surface area contributed by atoms with E-state index in [-0.39, 0.29) is 5.91 Å². The molecule has 2 rings (SSSR count). The summed E-state index contributed by atoms with van der Waals surface area (Å²) in [5.74, 6) is 0.319. The Kier molecular flexibility index (Phi) is 4.61. The summed E-state index contributed by atoms with van der Waals surface area (Å²) in [6.07, 6.45) is 14.5. The Hall–Kier alpha value is -2.95. The van der Waals surface area contributed by atoms with Crippen LogP contribution in [0.15, 0.2) is 71.7 Å². The van der Waals surface area contributed by atoms with Crippen LogP contribution in [0.2, 0.25) is 0 Å². The minimum absolute atomic E-state index is 0.218. The van der Waals surface area contributed by atoms with E-state index in [4.69, 9.17) is 0 Å². The minimum atomic E-state index is -0.218. The lowest BCUT2D eigenvalue weighted by Gasteiger charge is -2.06. The summed E-state index contributed by atoms with van der Waals surface area (Å²) >= 11 is 0. The van der Waals surface area contributed by atoms with Crippen molar-refractivity contribution in [2.24, 2.45) is 5.10 Å². The number of hydrazone groups is 1. The molecule has 1 aliphatic rings. The van der Waals surface area contributed by atoms with Crippen molar-refractivity contribution in [1.82, 2.24) is 10.3 Å². The Bertz CT molecular complexity index is 609. The standard InChI is InChI=1S/C15H14N4O/c1-16-19-14-10-9-12(11-17-14)15(20)18-13-7-5-3-2-4-6-8-13/h2-11H,1H2,(H,17,19)(H,18,20)/b3-2-,4-2?,5-3?,6-4+,7-5?,8-6?,13-7?,13-8?. The molecule has 1 heterocycles. The van der Waals surface area contributed by atoms with Crippen LogP contribution in [-0.4, -0.2) is 17.6 Å². The highest BCUT2D eigenvalue weighted by Gasteiger charge is 2.06. The fourth-order valence-electron chi connectivity index (χ4n) is 1.53. The van der Waals surface area contributed by atoms with Gasteiger partial charge in [0.25, 0.3) is 5.91 Å². The van der Waals surface area contributed by atoms with E-state index in [0.717, 1.165) is 0 Å². The van der Waals surface area contributed by atoms with Gasteiger partial charge in [-0.2, -0.15) is 5.10 Å². The first-order valence-corrected chi connectivity index (χ1v) is 6.00. The number of aromatic nitrogens is 1. The molecule has 0 aliphatic heterocycles. The third-order valence-corrected chi connectivity index (χ3v) is 2.47. The number of carbonyl (C=O) groups is 1. The second kappa shape index (κ2) is 6.84. The lowest BCUT2D eigenvalue weighted by molar-refractivity contribution is 0.0967. The van der Waals surface area contributed by atoms with E-state index >= 15 is 0 Å². The molecule has 5 heteroatoms. The van der Waals surface area contributed by atoms with Gasteiger partial charge in [0.2, 0.25) is 0 Å². The van der Waals surface area contributed by atoms with Gasteiger partial charge in [-0.1, -0.05) is 30.4 Å². The van der Waals surface area contributed by atoms with Crippen LogP contribution in [-0.2, 0) is 0 Å². The van der Waals surface area contributed by atoms with E-state index in [0.29, 0.717) is 17.1 Å². The average molecular weight is 266 g/mol. The molecule has 0 fully saturated rings. The van der Waals surface area contributed by atoms with E-state index in [9.17, 15) is 4.79 Å². The number of pyridine rings is 1. The Morgan fingerprint density at radius 1 is 1.15 bits per heavy atom. The number of amides is 1. The molecule has 1 aromatic heterocycles. The van der Waals surface area contributed by atoms with Gasteiger partial charge in [-0.05, 0) is 24.3 Å². The largest absolute Gasteiger partial charge is 0.322 e. The zero-order valence-corrected chi connectivity index (χ0v) is 10.8. The fraction of sp³-hybridized carbons (Fsp3) is 0. The molecule has 0 radical (unpaired) electrons. The van der Waals surface area contributed by atoms with Crippen LogP contribution in [0.5, 0.6) is 0 Å². The number of allylic oxidation sites excluding steroid dienone is 7. The SMILES string of the molecule is C=NNc1ccc(C(=O)NC2=C/C=C/C=C\C=C2)cn1. The van der Waals surface area contributed by atoms with Gasteiger partial charge >= 0.3 is 0 Å². The predicted octanol–water partition coefficient (Wildman–Crippen LogP) is 2.41. The molecule has 0 saturated heterocycles. The molecule has 1 amide bonds. The van der Waals surface area contributed by atoms with Gasteiger partial charge in [-0.3, -0.25) is 10.2 Å². The Morgan fingerprint density at radius 3 is 2.70 bits per heavy atom. The highest BCUT2D eigenvalue weighted by molar-refractivity contribution is 5.95. The molecule has 2 N–H and O–H groups in total. The summed E-state index contributed by atoms with van der Waals surface area (Å²) in [6.45, 7) is 3.30. The van der Waals surface area contributed by atoms with Gasteiger partial charge in [-0.15, -0.1) is 0 Å². The predicted molar refractivity (Wildman–Crippen MR) is 80.4 cm³/mol. The number of carbonyl (C=O) groups excluding carboxylic acids is 1. The number of anilines is 1. The summed E-state index contributed by atoms with van der Waals surface area (Å²) in [6, 6.07) is 3.33. The fourth-order valence-corrected chi connectivity index (χ4v) is 1.53. The topological polar surface area (TPSA) is 66.4 Å². The van der Waals surface area contributed by atoms with E-state index in [2.05, 4.69) is 27.5 Å². The second-order valence-corrected chi connectivity index (χ2v) is 3.91. The van der Waals surface area contributed by atoms with Gasteiger partial charge in [-0.25, -0.2) is 4.98 Å². The van der Waals surface area contributed by atoms with Crippen molar-refractivity contribution in [3.63, 3.8) is 0 Å². The van der Waals surface area contributed by atoms with Crippen molar-refractivity contribution < 1.29 is 4.79 Å². The summed E-state index contributed by atoms with van der Waals surface area (Å²) in [7, 11) is 0. The average Bonchev–Trinajstić information content (AvgIpc) is 2.43. The number of hydrogen-bond donors (Lipinski definition) is 2. The Balaban J connectivity index is 2.06. The number of hydrogen-bond acceptors (Lipinski definition) is 4. The van der Waals surface area contributed by atoms with Gasteiger partial charge < -0.3 is 5.32 Å². The molecule has 0 saturated carbocycles. The molecule has 0 unspecified atom stereocenters. The molecule has 0 bridgehead atoms. The van der Waals surface area contributed by atoms with E-state index in [1.54, 1.807) is 12.1 Å². The normalized spacial score (nSPS) is 16.3. The Morgan fingerprint density at radius 2 is 1.95 bits per heavy atom. The third-order valence-electron chi connectivity index (χ3n) is 2.47. The van der Waals surface area contributed by atoms with Crippen LogP contribution >= 0.6 is 0 Å². The lowest BCUT2D eigenvalue weighted by Crippen LogP contribution is -2.22. The molecule has 1 aromatic rings. The maximum atomic E-state index is 12.1. The molecule has 20 heavy (non-hydrogen) atoms. The maximum absolute atomic E-state index is 12.1. The zero-order chi connectivity index (χ0) is 14.2. The van der Waals surface area contributed by atoms with Crippen molar-refractivity contribution in [3.05, 3.63) is 72.1 Å². The summed E-state index contributed by atoms with van der Waals surface area (Å²) in [4.78, 5) is 16.1. The lowest BCUT2D eigenvalue weighted by atomic mass is 10.2. The quantitative estimate of drug-likeness (QED) is 0.649. The van der Waals surface area contributed by atoms with Crippen molar-refractivity contribution >= 4 is 18.4 Å². The maximum Gasteiger partial charge on any atom is 0.257 e. The van der Waals surface area contributed by atoms with E-state index in [1.807, 2.05) is 42.5 Å². The van der Waals surface area contributed by atoms with Gasteiger partial charge in [0.1, 0.15) is 5.82 Å². The molecule has 5 nitrogen and oxygen atoms in total. The summed E-state index contributed by atoms with van der Waals surface area (Å²) in [5, 5.41) is 6.31. The van der Waals surface area contributed by atoms with Crippen molar-refractivity contribution in [2.75, 3.05) is 5.43 Å². The minimum Gasteiger partial charge on any atom is -0.322 e. The first-order valence-electron chi connectivity index (χ1n) is 6.00. The van der Waals surface area contributed by atoms with Gasteiger partial charge in [0, 0.05) is 18.6 Å². The number of nitrogens with one attached hydrogen (secondary N) is 2. The molecular formula is C15H14N4O. The number of nitrogens with zero attached hydrogens (tertiary/aromatic N) is 2. The van der Waals surface area contributed by atoms with E-state index in [1.165, 1.54) is 6.20 Å². The highest BCUT2D eigenvalue weighted by Crippen LogP contribution is 2.06. The zero-order valence-electron chi connectivity index (χ0n) is 10.8. The molecule has 0 spiro atoms. The first-order chi connectivity index (χ1) is 9.79. The molecule has 0 aromatic carbocycles. The molecule has 100 valence electrons. The van der Waals surface area contributed by atoms with Crippen molar-refractivity contribution in [1.29, 1.82) is 0 Å². The van der Waals surface area contributed by atoms with Crippen LogP contribution in [0.1, 0.15) is 10.4 Å². The van der Waals surface area contributed by atoms with Crippen LogP contribution in [0.4, 0.5) is 5.82 Å². The molecule has 0 atom stereocenters. The van der Waals surface area contributed by atoms with Crippen molar-refractivity contribution in [2.45, 2.75) is 0 Å². The summed E-state index contributed by atoms with van der Waals surface area (Å²) in [5.41, 5.74) is 3.78. The van der Waals surface area contributed by atoms with Crippen molar-refractivity contribution in [3.8, 4) is 0 Å². The molecular weight excluding hydrogens is 252 g/mol. The molecule has 1 aliphatic carbocycles. The first kappa shape index (κ1) is 13.5. The number of rotatable bonds is 4. The van der Waals surface area contributed by atoms with Crippen LogP contribution < -0.4 is 10.7 Å².